The molecule has 0 fully saturated rings. The number of hydrogen-bond donors (Lipinski definition) is 0. The second-order valence-electron chi connectivity index (χ2n) is 3.65. The van der Waals surface area contributed by atoms with Crippen molar-refractivity contribution in [2.75, 3.05) is 0 Å². The lowest BCUT2D eigenvalue weighted by Crippen LogP contribution is -1.85. The van der Waals surface area contributed by atoms with Gasteiger partial charge in [0.15, 0.2) is 0 Å². The molecular formula is C13H11FN2S. The van der Waals surface area contributed by atoms with Gasteiger partial charge in [0.25, 0.3) is 0 Å². The molecular weight excluding hydrogens is 235 g/mol. The van der Waals surface area contributed by atoms with Gasteiger partial charge in [-0.25, -0.2) is 9.37 Å². The predicted octanol–water partition coefficient (Wildman–Crippen LogP) is 3.80. The normalized spacial score (nSPS) is 10.1. The van der Waals surface area contributed by atoms with E-state index in [9.17, 15) is 4.39 Å². The van der Waals surface area contributed by atoms with E-state index in [2.05, 4.69) is 11.1 Å². The smallest absolute Gasteiger partial charge is 0.123 e. The van der Waals surface area contributed by atoms with Crippen molar-refractivity contribution < 1.29 is 4.39 Å². The number of nitrogens with zero attached hydrogens (tertiary/aromatic N) is 2. The number of rotatable bonds is 4. The van der Waals surface area contributed by atoms with Crippen molar-refractivity contribution >= 4 is 11.3 Å². The molecule has 4 heteroatoms. The Bertz CT molecular complexity index is 542. The van der Waals surface area contributed by atoms with Crippen LogP contribution in [-0.4, -0.2) is 4.98 Å². The highest BCUT2D eigenvalue weighted by atomic mass is 32.1. The molecule has 0 N–H and O–H groups in total. The van der Waals surface area contributed by atoms with E-state index in [1.807, 2.05) is 11.4 Å². The van der Waals surface area contributed by atoms with E-state index in [0.29, 0.717) is 6.42 Å². The lowest BCUT2D eigenvalue weighted by molar-refractivity contribution is 0.628. The molecule has 0 aliphatic heterocycles. The summed E-state index contributed by atoms with van der Waals surface area (Å²) in [6.45, 7) is 0. The molecule has 0 bridgehead atoms. The van der Waals surface area contributed by atoms with Gasteiger partial charge in [0.05, 0.1) is 16.8 Å². The minimum atomic E-state index is -0.249. The summed E-state index contributed by atoms with van der Waals surface area (Å²) in [5, 5.41) is 11.4. The molecule has 1 aromatic carbocycles. The van der Waals surface area contributed by atoms with Gasteiger partial charge in [0.1, 0.15) is 5.82 Å². The first-order valence-electron chi connectivity index (χ1n) is 5.37. The van der Waals surface area contributed by atoms with Crippen LogP contribution in [0.25, 0.3) is 11.3 Å². The highest BCUT2D eigenvalue weighted by Gasteiger charge is 2.05. The summed E-state index contributed by atoms with van der Waals surface area (Å²) >= 11 is 1.56. The fourth-order valence-electron chi connectivity index (χ4n) is 1.52. The Hall–Kier alpha value is -1.73. The molecule has 2 aromatic rings. The van der Waals surface area contributed by atoms with E-state index in [1.54, 1.807) is 17.4 Å². The molecule has 0 unspecified atom stereocenters. The zero-order valence-electron chi connectivity index (χ0n) is 9.19. The molecule has 0 atom stereocenters. The second-order valence-corrected chi connectivity index (χ2v) is 4.59. The minimum absolute atomic E-state index is 0.249. The first-order chi connectivity index (χ1) is 8.29. The molecule has 2 rings (SSSR count). The lowest BCUT2D eigenvalue weighted by Gasteiger charge is -1.96. The Kier molecular flexibility index (Phi) is 3.84. The van der Waals surface area contributed by atoms with Crippen LogP contribution in [0.15, 0.2) is 29.6 Å². The van der Waals surface area contributed by atoms with Crippen molar-refractivity contribution in [3.05, 3.63) is 40.5 Å². The van der Waals surface area contributed by atoms with E-state index in [0.717, 1.165) is 29.1 Å². The molecule has 0 radical (unpaired) electrons. The number of benzene rings is 1. The largest absolute Gasteiger partial charge is 0.241 e. The Balaban J connectivity index is 2.10. The van der Waals surface area contributed by atoms with Gasteiger partial charge in [-0.2, -0.15) is 5.26 Å². The molecule has 0 saturated carbocycles. The van der Waals surface area contributed by atoms with Gasteiger partial charge < -0.3 is 0 Å². The molecule has 1 aromatic heterocycles. The van der Waals surface area contributed by atoms with Crippen LogP contribution in [0.4, 0.5) is 4.39 Å². The maximum atomic E-state index is 13.0. The number of thiazole rings is 1. The summed E-state index contributed by atoms with van der Waals surface area (Å²) in [5.74, 6) is -0.249. The van der Waals surface area contributed by atoms with E-state index < -0.39 is 0 Å². The summed E-state index contributed by atoms with van der Waals surface area (Å²) in [7, 11) is 0. The monoisotopic (exact) mass is 246 g/mol. The van der Waals surface area contributed by atoms with Crippen molar-refractivity contribution in [3.63, 3.8) is 0 Å². The molecule has 17 heavy (non-hydrogen) atoms. The summed E-state index contributed by atoms with van der Waals surface area (Å²) < 4.78 is 13.0. The topological polar surface area (TPSA) is 36.7 Å². The molecule has 86 valence electrons. The molecule has 0 amide bonds. The van der Waals surface area contributed by atoms with Crippen LogP contribution >= 0.6 is 11.3 Å². The average molecular weight is 246 g/mol. The van der Waals surface area contributed by atoms with Gasteiger partial charge in [0, 0.05) is 23.8 Å². The van der Waals surface area contributed by atoms with Gasteiger partial charge in [-0.3, -0.25) is 0 Å². The van der Waals surface area contributed by atoms with Crippen LogP contribution in [-0.2, 0) is 6.42 Å². The van der Waals surface area contributed by atoms with Gasteiger partial charge in [-0.1, -0.05) is 12.1 Å². The number of unbranched alkanes of at least 4 members (excludes halogenated alkanes) is 1. The predicted molar refractivity (Wildman–Crippen MR) is 66.1 cm³/mol. The fourth-order valence-corrected chi connectivity index (χ4v) is 2.37. The van der Waals surface area contributed by atoms with Crippen molar-refractivity contribution in [2.24, 2.45) is 0 Å². The van der Waals surface area contributed by atoms with Crippen molar-refractivity contribution in [2.45, 2.75) is 19.3 Å². The Morgan fingerprint density at radius 3 is 3.06 bits per heavy atom. The second kappa shape index (κ2) is 5.55. The van der Waals surface area contributed by atoms with Crippen LogP contribution in [0.5, 0.6) is 0 Å². The summed E-state index contributed by atoms with van der Waals surface area (Å²) in [5.41, 5.74) is 1.61. The van der Waals surface area contributed by atoms with E-state index >= 15 is 0 Å². The van der Waals surface area contributed by atoms with Crippen LogP contribution in [0.1, 0.15) is 17.8 Å². The van der Waals surface area contributed by atoms with Gasteiger partial charge in [0.2, 0.25) is 0 Å². The molecule has 1 heterocycles. The van der Waals surface area contributed by atoms with Gasteiger partial charge in [-0.05, 0) is 18.6 Å². The Morgan fingerprint density at radius 2 is 2.29 bits per heavy atom. The van der Waals surface area contributed by atoms with E-state index in [4.69, 9.17) is 5.26 Å². The van der Waals surface area contributed by atoms with E-state index in [1.165, 1.54) is 12.1 Å². The number of halogens is 1. The number of hydrogen-bond acceptors (Lipinski definition) is 3. The van der Waals surface area contributed by atoms with Crippen LogP contribution in [0.2, 0.25) is 0 Å². The van der Waals surface area contributed by atoms with Crippen molar-refractivity contribution in [1.29, 1.82) is 5.26 Å². The van der Waals surface area contributed by atoms with Crippen LogP contribution in [0.3, 0.4) is 0 Å². The summed E-state index contributed by atoms with van der Waals surface area (Å²) in [4.78, 5) is 4.44. The highest BCUT2D eigenvalue weighted by molar-refractivity contribution is 7.09. The Morgan fingerprint density at radius 1 is 1.41 bits per heavy atom. The van der Waals surface area contributed by atoms with Gasteiger partial charge in [-0.15, -0.1) is 11.3 Å². The standard InChI is InChI=1S/C13H11FN2S/c14-11-5-3-4-10(8-11)12-9-17-13(16-12)6-1-2-7-15/h3-5,8-9H,1-2,6H2. The maximum absolute atomic E-state index is 13.0. The summed E-state index contributed by atoms with van der Waals surface area (Å²) in [6.07, 6.45) is 2.19. The van der Waals surface area contributed by atoms with Gasteiger partial charge >= 0.3 is 0 Å². The van der Waals surface area contributed by atoms with Crippen molar-refractivity contribution in [3.8, 4) is 17.3 Å². The molecule has 2 nitrogen and oxygen atoms in total. The minimum Gasteiger partial charge on any atom is -0.241 e. The molecule has 0 aliphatic rings. The SMILES string of the molecule is N#CCCCc1nc(-c2cccc(F)c2)cs1. The first-order valence-corrected chi connectivity index (χ1v) is 6.25. The third kappa shape index (κ3) is 3.11. The quantitative estimate of drug-likeness (QED) is 0.769. The Labute approximate surface area is 103 Å². The van der Waals surface area contributed by atoms with E-state index in [-0.39, 0.29) is 5.82 Å². The zero-order valence-corrected chi connectivity index (χ0v) is 10.0. The number of nitriles is 1. The third-order valence-electron chi connectivity index (χ3n) is 2.35. The molecule has 0 spiro atoms. The van der Waals surface area contributed by atoms with Crippen LogP contribution < -0.4 is 0 Å². The third-order valence-corrected chi connectivity index (χ3v) is 3.26. The molecule has 0 saturated heterocycles. The lowest BCUT2D eigenvalue weighted by atomic mass is 10.2. The van der Waals surface area contributed by atoms with Crippen molar-refractivity contribution in [1.82, 2.24) is 4.98 Å². The average Bonchev–Trinajstić information content (AvgIpc) is 2.78. The molecule has 0 aliphatic carbocycles. The highest BCUT2D eigenvalue weighted by Crippen LogP contribution is 2.23. The fraction of sp³-hybridized carbons (Fsp3) is 0.231. The number of aryl methyl sites for hydroxylation is 1. The summed E-state index contributed by atoms with van der Waals surface area (Å²) in [6, 6.07) is 8.54. The number of aromatic nitrogens is 1. The maximum Gasteiger partial charge on any atom is 0.123 e. The zero-order chi connectivity index (χ0) is 12.1. The van der Waals surface area contributed by atoms with Crippen LogP contribution in [0, 0.1) is 17.1 Å². The first kappa shape index (κ1) is 11.7.